The van der Waals surface area contributed by atoms with Crippen LogP contribution in [0.3, 0.4) is 0 Å². The minimum absolute atomic E-state index is 0.183. The molecule has 2 amide bonds. The lowest BCUT2D eigenvalue weighted by Crippen LogP contribution is -2.41. The van der Waals surface area contributed by atoms with E-state index in [0.717, 1.165) is 17.2 Å². The van der Waals surface area contributed by atoms with Gasteiger partial charge < -0.3 is 15.0 Å². The molecule has 0 saturated heterocycles. The normalized spacial score (nSPS) is 12.2. The van der Waals surface area contributed by atoms with Crippen LogP contribution >= 0.6 is 0 Å². The first-order chi connectivity index (χ1) is 15.8. The molecule has 0 aliphatic rings. The first-order valence-electron chi connectivity index (χ1n) is 10.8. The van der Waals surface area contributed by atoms with Gasteiger partial charge in [0, 0.05) is 12.6 Å². The maximum atomic E-state index is 13.3. The van der Waals surface area contributed by atoms with Gasteiger partial charge in [-0.2, -0.15) is 13.2 Å². The van der Waals surface area contributed by atoms with Gasteiger partial charge in [0.05, 0.1) is 11.3 Å². The van der Waals surface area contributed by atoms with E-state index >= 15 is 0 Å². The molecule has 0 fully saturated rings. The Morgan fingerprint density at radius 2 is 1.64 bits per heavy atom. The van der Waals surface area contributed by atoms with Crippen LogP contribution < -0.4 is 10.1 Å². The van der Waals surface area contributed by atoms with Crippen LogP contribution in [0.25, 0.3) is 0 Å². The van der Waals surface area contributed by atoms with Crippen molar-refractivity contribution >= 4 is 11.7 Å². The first-order valence-corrected chi connectivity index (χ1v) is 10.8. The summed E-state index contributed by atoms with van der Waals surface area (Å²) in [6.07, 6.45) is -3.91. The minimum atomic E-state index is -4.56. The third kappa shape index (κ3) is 6.75. The predicted molar refractivity (Wildman–Crippen MR) is 123 cm³/mol. The molecule has 33 heavy (non-hydrogen) atoms. The maximum absolute atomic E-state index is 13.3. The molecule has 3 rings (SSSR count). The number of carbonyl (C=O) groups excluding carboxylic acids is 1. The molecule has 3 aromatic carbocycles. The largest absolute Gasteiger partial charge is 0.489 e. The van der Waals surface area contributed by atoms with E-state index in [1.165, 1.54) is 23.1 Å². The van der Waals surface area contributed by atoms with Crippen molar-refractivity contribution in [2.45, 2.75) is 45.6 Å². The Hall–Kier alpha value is -3.48. The highest BCUT2D eigenvalue weighted by molar-refractivity contribution is 5.90. The lowest BCUT2D eigenvalue weighted by Gasteiger charge is -2.29. The quantitative estimate of drug-likeness (QED) is 0.392. The summed E-state index contributed by atoms with van der Waals surface area (Å²) in [5, 5.41) is 2.45. The minimum Gasteiger partial charge on any atom is -0.489 e. The second-order valence-corrected chi connectivity index (χ2v) is 7.78. The number of hydrogen-bond donors (Lipinski definition) is 1. The number of alkyl halides is 3. The topological polar surface area (TPSA) is 41.6 Å². The van der Waals surface area contributed by atoms with Crippen molar-refractivity contribution in [1.29, 1.82) is 0 Å². The summed E-state index contributed by atoms with van der Waals surface area (Å²) in [6.45, 7) is 4.44. The Morgan fingerprint density at radius 1 is 0.970 bits per heavy atom. The fourth-order valence-electron chi connectivity index (χ4n) is 3.35. The van der Waals surface area contributed by atoms with E-state index in [-0.39, 0.29) is 18.3 Å². The maximum Gasteiger partial charge on any atom is 0.418 e. The molecule has 0 heterocycles. The SMILES string of the molecule is CCC(C)N(Cc1cccc(OCc2ccccc2)c1)C(=O)Nc1ccccc1C(F)(F)F. The van der Waals surface area contributed by atoms with E-state index in [1.54, 1.807) is 0 Å². The van der Waals surface area contributed by atoms with Crippen LogP contribution in [0, 0.1) is 0 Å². The molecule has 0 aromatic heterocycles. The van der Waals surface area contributed by atoms with Gasteiger partial charge in [-0.25, -0.2) is 4.79 Å². The van der Waals surface area contributed by atoms with Crippen LogP contribution in [0.4, 0.5) is 23.7 Å². The van der Waals surface area contributed by atoms with Gasteiger partial charge >= 0.3 is 12.2 Å². The number of carbonyl (C=O) groups is 1. The van der Waals surface area contributed by atoms with Crippen LogP contribution in [0.5, 0.6) is 5.75 Å². The smallest absolute Gasteiger partial charge is 0.418 e. The Balaban J connectivity index is 1.74. The van der Waals surface area contributed by atoms with Gasteiger partial charge in [0.1, 0.15) is 12.4 Å². The van der Waals surface area contributed by atoms with Gasteiger partial charge in [-0.3, -0.25) is 0 Å². The zero-order valence-electron chi connectivity index (χ0n) is 18.6. The molecule has 3 aromatic rings. The summed E-state index contributed by atoms with van der Waals surface area (Å²) in [7, 11) is 0. The molecule has 174 valence electrons. The number of nitrogens with zero attached hydrogens (tertiary/aromatic N) is 1. The number of hydrogen-bond acceptors (Lipinski definition) is 2. The Bertz CT molecular complexity index is 1050. The van der Waals surface area contributed by atoms with Gasteiger partial charge in [-0.05, 0) is 48.7 Å². The standard InChI is InChI=1S/C26H27F3N2O2/c1-3-19(2)31(25(32)30-24-15-8-7-14-23(24)26(27,28)29)17-21-12-9-13-22(16-21)33-18-20-10-5-4-6-11-20/h4-16,19H,3,17-18H2,1-2H3,(H,30,32). The number of halogens is 3. The summed E-state index contributed by atoms with van der Waals surface area (Å²) in [5.74, 6) is 0.656. The van der Waals surface area contributed by atoms with Crippen molar-refractivity contribution in [1.82, 2.24) is 4.90 Å². The zero-order chi connectivity index (χ0) is 23.8. The first kappa shape index (κ1) is 24.2. The molecule has 0 aliphatic heterocycles. The average molecular weight is 457 g/mol. The van der Waals surface area contributed by atoms with Crippen LogP contribution in [0.2, 0.25) is 0 Å². The summed E-state index contributed by atoms with van der Waals surface area (Å²) >= 11 is 0. The molecule has 1 atom stereocenters. The average Bonchev–Trinajstić information content (AvgIpc) is 2.81. The van der Waals surface area contributed by atoms with Crippen LogP contribution in [-0.4, -0.2) is 17.0 Å². The van der Waals surface area contributed by atoms with E-state index in [2.05, 4.69) is 5.32 Å². The molecule has 1 N–H and O–H groups in total. The molecule has 0 aliphatic carbocycles. The van der Waals surface area contributed by atoms with E-state index in [0.29, 0.717) is 18.8 Å². The van der Waals surface area contributed by atoms with E-state index in [1.807, 2.05) is 68.4 Å². The van der Waals surface area contributed by atoms with E-state index < -0.39 is 17.8 Å². The highest BCUT2D eigenvalue weighted by atomic mass is 19.4. The number of nitrogens with one attached hydrogen (secondary N) is 1. The number of para-hydroxylation sites is 1. The number of ether oxygens (including phenoxy) is 1. The third-order valence-corrected chi connectivity index (χ3v) is 5.36. The molecule has 0 bridgehead atoms. The highest BCUT2D eigenvalue weighted by Crippen LogP contribution is 2.34. The number of anilines is 1. The molecule has 4 nitrogen and oxygen atoms in total. The van der Waals surface area contributed by atoms with Crippen molar-refractivity contribution in [2.75, 3.05) is 5.32 Å². The molecular formula is C26H27F3N2O2. The fourth-order valence-corrected chi connectivity index (χ4v) is 3.35. The van der Waals surface area contributed by atoms with Crippen molar-refractivity contribution in [3.8, 4) is 5.75 Å². The Kier molecular flexibility index (Phi) is 7.98. The lowest BCUT2D eigenvalue weighted by atomic mass is 10.1. The van der Waals surface area contributed by atoms with Crippen molar-refractivity contribution in [3.63, 3.8) is 0 Å². The van der Waals surface area contributed by atoms with E-state index in [4.69, 9.17) is 4.74 Å². The Labute approximate surface area is 192 Å². The monoisotopic (exact) mass is 456 g/mol. The molecule has 0 saturated carbocycles. The van der Waals surface area contributed by atoms with E-state index in [9.17, 15) is 18.0 Å². The second kappa shape index (κ2) is 10.9. The highest BCUT2D eigenvalue weighted by Gasteiger charge is 2.34. The van der Waals surface area contributed by atoms with Crippen LogP contribution in [-0.2, 0) is 19.3 Å². The number of amides is 2. The second-order valence-electron chi connectivity index (χ2n) is 7.78. The summed E-state index contributed by atoms with van der Waals surface area (Å²) < 4.78 is 45.9. The van der Waals surface area contributed by atoms with Crippen molar-refractivity contribution in [2.24, 2.45) is 0 Å². The van der Waals surface area contributed by atoms with Gasteiger partial charge in [0.2, 0.25) is 0 Å². The molecule has 1 unspecified atom stereocenters. The predicted octanol–water partition coefficient (Wildman–Crippen LogP) is 7.12. The van der Waals surface area contributed by atoms with Crippen molar-refractivity contribution in [3.05, 3.63) is 95.6 Å². The summed E-state index contributed by atoms with van der Waals surface area (Å²) in [5.41, 5.74) is 0.717. The number of benzene rings is 3. The number of urea groups is 1. The zero-order valence-corrected chi connectivity index (χ0v) is 18.6. The fraction of sp³-hybridized carbons (Fsp3) is 0.269. The summed E-state index contributed by atoms with van der Waals surface area (Å²) in [6, 6.07) is 21.3. The third-order valence-electron chi connectivity index (χ3n) is 5.36. The van der Waals surface area contributed by atoms with Crippen molar-refractivity contribution < 1.29 is 22.7 Å². The Morgan fingerprint density at radius 3 is 2.33 bits per heavy atom. The van der Waals surface area contributed by atoms with Crippen LogP contribution in [0.1, 0.15) is 37.0 Å². The van der Waals surface area contributed by atoms with Crippen LogP contribution in [0.15, 0.2) is 78.9 Å². The lowest BCUT2D eigenvalue weighted by molar-refractivity contribution is -0.136. The van der Waals surface area contributed by atoms with Gasteiger partial charge in [-0.15, -0.1) is 0 Å². The number of rotatable bonds is 8. The molecular weight excluding hydrogens is 429 g/mol. The van der Waals surface area contributed by atoms with Gasteiger partial charge in [-0.1, -0.05) is 61.5 Å². The summed E-state index contributed by atoms with van der Waals surface area (Å²) in [4.78, 5) is 14.5. The molecule has 7 heteroatoms. The molecule has 0 radical (unpaired) electrons. The van der Waals surface area contributed by atoms with Gasteiger partial charge in [0.25, 0.3) is 0 Å². The molecule has 0 spiro atoms. The van der Waals surface area contributed by atoms with Gasteiger partial charge in [0.15, 0.2) is 0 Å².